The molecule has 6 heteroatoms. The molecule has 0 aromatic heterocycles. The van der Waals surface area contributed by atoms with Crippen LogP contribution in [0.3, 0.4) is 0 Å². The first-order chi connectivity index (χ1) is 9.06. The Labute approximate surface area is 114 Å². The van der Waals surface area contributed by atoms with E-state index in [4.69, 9.17) is 5.11 Å². The van der Waals surface area contributed by atoms with E-state index in [-0.39, 0.29) is 17.0 Å². The Bertz CT molecular complexity index is 556. The lowest BCUT2D eigenvalue weighted by Gasteiger charge is -2.12. The smallest absolute Gasteiger partial charge is 0.335 e. The molecule has 1 aliphatic heterocycles. The number of carboxylic acid groups (broad SMARTS) is 1. The Hall–Kier alpha value is -1.82. The Morgan fingerprint density at radius 2 is 1.95 bits per heavy atom. The lowest BCUT2D eigenvalue weighted by atomic mass is 10.1. The lowest BCUT2D eigenvalue weighted by molar-refractivity contribution is 0.0653. The van der Waals surface area contributed by atoms with Crippen LogP contribution >= 0.6 is 11.8 Å². The average Bonchev–Trinajstić information content (AvgIpc) is 2.63. The molecule has 2 rings (SSSR count). The van der Waals surface area contributed by atoms with Crippen LogP contribution in [0.15, 0.2) is 18.2 Å². The second kappa shape index (κ2) is 5.44. The van der Waals surface area contributed by atoms with Gasteiger partial charge >= 0.3 is 5.97 Å². The highest BCUT2D eigenvalue weighted by molar-refractivity contribution is 7.98. The zero-order valence-electron chi connectivity index (χ0n) is 10.4. The summed E-state index contributed by atoms with van der Waals surface area (Å²) < 4.78 is 0. The van der Waals surface area contributed by atoms with Gasteiger partial charge in [-0.25, -0.2) is 4.79 Å². The van der Waals surface area contributed by atoms with Crippen molar-refractivity contribution in [3.05, 3.63) is 34.9 Å². The molecule has 1 N–H and O–H groups in total. The van der Waals surface area contributed by atoms with E-state index in [1.165, 1.54) is 23.1 Å². The van der Waals surface area contributed by atoms with Crippen molar-refractivity contribution >= 4 is 29.5 Å². The molecular weight excluding hydrogens is 266 g/mol. The maximum Gasteiger partial charge on any atom is 0.335 e. The van der Waals surface area contributed by atoms with Gasteiger partial charge in [-0.1, -0.05) is 0 Å². The van der Waals surface area contributed by atoms with E-state index in [0.717, 1.165) is 12.2 Å². The highest BCUT2D eigenvalue weighted by atomic mass is 32.2. The molecule has 0 aliphatic carbocycles. The third-order valence-electron chi connectivity index (χ3n) is 2.95. The first kappa shape index (κ1) is 13.6. The number of carboxylic acids is 1. The van der Waals surface area contributed by atoms with Crippen LogP contribution < -0.4 is 0 Å². The van der Waals surface area contributed by atoms with Crippen LogP contribution in [0.2, 0.25) is 0 Å². The fraction of sp³-hybridized carbons (Fsp3) is 0.308. The van der Waals surface area contributed by atoms with Gasteiger partial charge in [0.15, 0.2) is 0 Å². The van der Waals surface area contributed by atoms with Gasteiger partial charge in [0, 0.05) is 6.54 Å². The molecule has 0 atom stereocenters. The number of fused-ring (bicyclic) bond motifs is 1. The minimum Gasteiger partial charge on any atom is -0.478 e. The molecule has 19 heavy (non-hydrogen) atoms. The Balaban J connectivity index is 2.26. The van der Waals surface area contributed by atoms with Crippen LogP contribution in [-0.2, 0) is 0 Å². The van der Waals surface area contributed by atoms with E-state index in [9.17, 15) is 14.4 Å². The molecule has 0 unspecified atom stereocenters. The van der Waals surface area contributed by atoms with Crippen molar-refractivity contribution in [3.8, 4) is 0 Å². The van der Waals surface area contributed by atoms with Crippen LogP contribution in [0.1, 0.15) is 37.5 Å². The molecule has 100 valence electrons. The number of thioether (sulfide) groups is 1. The summed E-state index contributed by atoms with van der Waals surface area (Å²) in [6.45, 7) is 0.371. The molecule has 1 aliphatic rings. The molecule has 1 aromatic rings. The highest BCUT2D eigenvalue weighted by Gasteiger charge is 2.35. The van der Waals surface area contributed by atoms with Crippen LogP contribution in [-0.4, -0.2) is 46.3 Å². The van der Waals surface area contributed by atoms with Gasteiger partial charge in [-0.3, -0.25) is 14.5 Å². The molecule has 2 amide bonds. The molecule has 0 bridgehead atoms. The number of hydrogen-bond donors (Lipinski definition) is 1. The fourth-order valence-corrected chi connectivity index (χ4v) is 2.41. The lowest BCUT2D eigenvalue weighted by Crippen LogP contribution is -2.30. The van der Waals surface area contributed by atoms with Gasteiger partial charge in [-0.15, -0.1) is 0 Å². The van der Waals surface area contributed by atoms with Crippen LogP contribution in [0.4, 0.5) is 0 Å². The summed E-state index contributed by atoms with van der Waals surface area (Å²) in [5.74, 6) is -0.973. The number of rotatable bonds is 5. The largest absolute Gasteiger partial charge is 0.478 e. The van der Waals surface area contributed by atoms with Gasteiger partial charge in [0.1, 0.15) is 0 Å². The van der Waals surface area contributed by atoms with E-state index in [1.54, 1.807) is 11.8 Å². The second-order valence-corrected chi connectivity index (χ2v) is 5.16. The van der Waals surface area contributed by atoms with Crippen molar-refractivity contribution in [2.24, 2.45) is 0 Å². The number of aromatic carboxylic acids is 1. The van der Waals surface area contributed by atoms with Crippen molar-refractivity contribution in [2.75, 3.05) is 18.6 Å². The van der Waals surface area contributed by atoms with Crippen LogP contribution in [0.5, 0.6) is 0 Å². The quantitative estimate of drug-likeness (QED) is 0.656. The maximum absolute atomic E-state index is 12.1. The SMILES string of the molecule is CSCCCN1C(=O)c2ccc(C(=O)O)cc2C1=O. The summed E-state index contributed by atoms with van der Waals surface area (Å²) in [4.78, 5) is 36.2. The predicted molar refractivity (Wildman–Crippen MR) is 71.8 cm³/mol. The fourth-order valence-electron chi connectivity index (χ4n) is 1.99. The highest BCUT2D eigenvalue weighted by Crippen LogP contribution is 2.24. The third-order valence-corrected chi connectivity index (χ3v) is 3.64. The molecule has 0 radical (unpaired) electrons. The summed E-state index contributed by atoms with van der Waals surface area (Å²) in [5, 5.41) is 8.89. The summed E-state index contributed by atoms with van der Waals surface area (Å²) in [7, 11) is 0. The third kappa shape index (κ3) is 2.49. The van der Waals surface area contributed by atoms with Gasteiger partial charge < -0.3 is 5.11 Å². The number of benzene rings is 1. The molecule has 1 aromatic carbocycles. The van der Waals surface area contributed by atoms with Crippen LogP contribution in [0.25, 0.3) is 0 Å². The minimum atomic E-state index is -1.11. The second-order valence-electron chi connectivity index (χ2n) is 4.17. The molecule has 5 nitrogen and oxygen atoms in total. The van der Waals surface area contributed by atoms with Gasteiger partial charge in [-0.05, 0) is 36.6 Å². The standard InChI is InChI=1S/C13H13NO4S/c1-19-6-2-5-14-11(15)9-4-3-8(13(17)18)7-10(9)12(14)16/h3-4,7H,2,5-6H2,1H3,(H,17,18). The molecule has 0 saturated carbocycles. The van der Waals surface area contributed by atoms with Crippen molar-refractivity contribution in [1.29, 1.82) is 0 Å². The molecule has 0 spiro atoms. The summed E-state index contributed by atoms with van der Waals surface area (Å²) in [6.07, 6.45) is 2.69. The van der Waals surface area contributed by atoms with E-state index in [0.29, 0.717) is 12.1 Å². The van der Waals surface area contributed by atoms with Crippen molar-refractivity contribution in [3.63, 3.8) is 0 Å². The number of imide groups is 1. The normalized spacial score (nSPS) is 13.8. The molecule has 0 saturated heterocycles. The van der Waals surface area contributed by atoms with E-state index < -0.39 is 11.9 Å². The zero-order valence-corrected chi connectivity index (χ0v) is 11.2. The first-order valence-corrected chi connectivity index (χ1v) is 7.18. The number of carbonyl (C=O) groups is 3. The van der Waals surface area contributed by atoms with E-state index in [2.05, 4.69) is 0 Å². The molecule has 1 heterocycles. The monoisotopic (exact) mass is 279 g/mol. The van der Waals surface area contributed by atoms with Crippen molar-refractivity contribution < 1.29 is 19.5 Å². The number of carbonyl (C=O) groups excluding carboxylic acids is 2. The first-order valence-electron chi connectivity index (χ1n) is 5.78. The Kier molecular flexibility index (Phi) is 3.90. The topological polar surface area (TPSA) is 74.7 Å². The molecular formula is C13H13NO4S. The predicted octanol–water partition coefficient (Wildman–Crippen LogP) is 1.73. The van der Waals surface area contributed by atoms with Crippen LogP contribution in [0, 0.1) is 0 Å². The van der Waals surface area contributed by atoms with Gasteiger partial charge in [-0.2, -0.15) is 11.8 Å². The zero-order chi connectivity index (χ0) is 14.0. The van der Waals surface area contributed by atoms with Gasteiger partial charge in [0.2, 0.25) is 0 Å². The van der Waals surface area contributed by atoms with Gasteiger partial charge in [0.05, 0.1) is 16.7 Å². The van der Waals surface area contributed by atoms with E-state index in [1.807, 2.05) is 6.26 Å². The summed E-state index contributed by atoms with van der Waals surface area (Å²) >= 11 is 1.65. The minimum absolute atomic E-state index is 0.0193. The number of nitrogens with zero attached hydrogens (tertiary/aromatic N) is 1. The summed E-state index contributed by atoms with van der Waals surface area (Å²) in [6, 6.07) is 4.03. The Morgan fingerprint density at radius 3 is 2.58 bits per heavy atom. The molecule has 0 fully saturated rings. The number of hydrogen-bond acceptors (Lipinski definition) is 4. The Morgan fingerprint density at radius 1 is 1.26 bits per heavy atom. The van der Waals surface area contributed by atoms with Crippen molar-refractivity contribution in [2.45, 2.75) is 6.42 Å². The summed E-state index contributed by atoms with van der Waals surface area (Å²) in [5.41, 5.74) is 0.499. The number of amides is 2. The average molecular weight is 279 g/mol. The maximum atomic E-state index is 12.1. The van der Waals surface area contributed by atoms with E-state index >= 15 is 0 Å². The van der Waals surface area contributed by atoms with Crippen molar-refractivity contribution in [1.82, 2.24) is 4.90 Å². The van der Waals surface area contributed by atoms with Gasteiger partial charge in [0.25, 0.3) is 11.8 Å².